The lowest BCUT2D eigenvalue weighted by molar-refractivity contribution is -0.870. The van der Waals surface area contributed by atoms with E-state index in [-0.39, 0.29) is 32.7 Å². The van der Waals surface area contributed by atoms with Gasteiger partial charge in [0.1, 0.15) is 13.2 Å². The molecule has 288 valence electrons. The van der Waals surface area contributed by atoms with Crippen LogP contribution in [-0.4, -0.2) is 82.3 Å². The molecule has 0 fully saturated rings. The van der Waals surface area contributed by atoms with E-state index < -0.39 is 30.3 Å². The summed E-state index contributed by atoms with van der Waals surface area (Å²) >= 11 is 0. The first-order chi connectivity index (χ1) is 24.6. The van der Waals surface area contributed by atoms with Crippen molar-refractivity contribution in [3.63, 3.8) is 0 Å². The van der Waals surface area contributed by atoms with Crippen LogP contribution >= 0.6 is 0 Å². The van der Waals surface area contributed by atoms with Gasteiger partial charge < -0.3 is 33.3 Å². The van der Waals surface area contributed by atoms with Gasteiger partial charge in [0.05, 0.1) is 40.3 Å². The van der Waals surface area contributed by atoms with Crippen LogP contribution in [0.5, 0.6) is 0 Å². The van der Waals surface area contributed by atoms with Crippen LogP contribution in [0.25, 0.3) is 0 Å². The Morgan fingerprint density at radius 2 is 1.10 bits per heavy atom. The van der Waals surface area contributed by atoms with Gasteiger partial charge in [-0.05, 0) is 70.6 Å². The third-order valence-corrected chi connectivity index (χ3v) is 7.15. The first-order valence-electron chi connectivity index (χ1n) is 18.7. The van der Waals surface area contributed by atoms with Gasteiger partial charge in [0.2, 0.25) is 0 Å². The van der Waals surface area contributed by atoms with Gasteiger partial charge in [-0.3, -0.25) is 9.59 Å². The second kappa shape index (κ2) is 33.6. The Balaban J connectivity index is 4.74. The Bertz CT molecular complexity index is 1110. The fourth-order valence-corrected chi connectivity index (χ4v) is 4.27. The minimum atomic E-state index is -1.65. The van der Waals surface area contributed by atoms with E-state index in [0.29, 0.717) is 23.9 Å². The Kier molecular flexibility index (Phi) is 31.3. The van der Waals surface area contributed by atoms with Gasteiger partial charge >= 0.3 is 11.9 Å². The van der Waals surface area contributed by atoms with Crippen molar-refractivity contribution >= 4 is 17.9 Å². The Labute approximate surface area is 309 Å². The van der Waals surface area contributed by atoms with Crippen LogP contribution < -0.4 is 5.11 Å². The Hall–Kier alpha value is -3.53. The largest absolute Gasteiger partial charge is 0.545 e. The van der Waals surface area contributed by atoms with Crippen molar-refractivity contribution in [2.45, 2.75) is 116 Å². The van der Waals surface area contributed by atoms with Crippen molar-refractivity contribution in [2.24, 2.45) is 0 Å². The van der Waals surface area contributed by atoms with Gasteiger partial charge in [-0.15, -0.1) is 0 Å². The number of nitrogens with zero attached hydrogens (tertiary/aromatic N) is 1. The molecule has 0 aromatic heterocycles. The van der Waals surface area contributed by atoms with Crippen molar-refractivity contribution < 1.29 is 42.9 Å². The number of ether oxygens (including phenoxy) is 4. The van der Waals surface area contributed by atoms with E-state index in [1.807, 2.05) is 33.3 Å². The van der Waals surface area contributed by atoms with Gasteiger partial charge in [0, 0.05) is 12.8 Å². The zero-order valence-corrected chi connectivity index (χ0v) is 32.2. The van der Waals surface area contributed by atoms with E-state index in [0.717, 1.165) is 64.2 Å². The van der Waals surface area contributed by atoms with E-state index in [1.54, 1.807) is 0 Å². The molecule has 0 heterocycles. The predicted octanol–water partition coefficient (Wildman–Crippen LogP) is 7.65. The lowest BCUT2D eigenvalue weighted by Gasteiger charge is -2.26. The number of aliphatic carboxylic acids is 1. The number of esters is 2. The molecule has 0 aromatic rings. The molecule has 2 atom stereocenters. The molecule has 0 aliphatic heterocycles. The summed E-state index contributed by atoms with van der Waals surface area (Å²) in [4.78, 5) is 36.7. The maximum atomic E-state index is 12.6. The summed E-state index contributed by atoms with van der Waals surface area (Å²) in [6.07, 6.45) is 37.9. The van der Waals surface area contributed by atoms with Crippen LogP contribution in [0, 0.1) is 0 Å². The fraction of sp³-hybridized carbons (Fsp3) is 0.595. The second-order valence-electron chi connectivity index (χ2n) is 13.1. The highest BCUT2D eigenvalue weighted by molar-refractivity contribution is 5.70. The molecular weight excluding hydrogens is 646 g/mol. The van der Waals surface area contributed by atoms with E-state index in [1.165, 1.54) is 0 Å². The molecule has 0 saturated heterocycles. The van der Waals surface area contributed by atoms with Crippen molar-refractivity contribution in [2.75, 3.05) is 47.5 Å². The molecule has 9 heteroatoms. The number of quaternary nitrogens is 1. The SMILES string of the molecule is CC/C=C\C/C=C\C/C=C\C/C=C\CCC(=O)OC(COC(=O)CCCCC/C=C\C/C=C\C/C=C\CC)COC(OCC[N+](C)(C)C)C(=O)[O-]. The van der Waals surface area contributed by atoms with Crippen LogP contribution in [0.15, 0.2) is 85.1 Å². The lowest BCUT2D eigenvalue weighted by atomic mass is 10.1. The molecule has 0 radical (unpaired) electrons. The zero-order chi connectivity index (χ0) is 37.8. The van der Waals surface area contributed by atoms with E-state index >= 15 is 0 Å². The second-order valence-corrected chi connectivity index (χ2v) is 13.1. The molecule has 2 unspecified atom stereocenters. The van der Waals surface area contributed by atoms with Crippen LogP contribution in [0.2, 0.25) is 0 Å². The third-order valence-electron chi connectivity index (χ3n) is 7.15. The predicted molar refractivity (Wildman–Crippen MR) is 204 cm³/mol. The van der Waals surface area contributed by atoms with Gasteiger partial charge in [-0.1, -0.05) is 105 Å². The van der Waals surface area contributed by atoms with Crippen molar-refractivity contribution in [1.29, 1.82) is 0 Å². The van der Waals surface area contributed by atoms with E-state index in [4.69, 9.17) is 18.9 Å². The summed E-state index contributed by atoms with van der Waals surface area (Å²) in [5, 5.41) is 11.6. The minimum Gasteiger partial charge on any atom is -0.545 e. The number of hydrogen-bond donors (Lipinski definition) is 0. The Morgan fingerprint density at radius 3 is 1.61 bits per heavy atom. The molecule has 0 bridgehead atoms. The van der Waals surface area contributed by atoms with Gasteiger partial charge in [0.15, 0.2) is 12.4 Å². The molecule has 9 nitrogen and oxygen atoms in total. The highest BCUT2D eigenvalue weighted by atomic mass is 16.7. The molecule has 51 heavy (non-hydrogen) atoms. The van der Waals surface area contributed by atoms with Crippen LogP contribution in [0.4, 0.5) is 0 Å². The summed E-state index contributed by atoms with van der Waals surface area (Å²) in [6, 6.07) is 0. The van der Waals surface area contributed by atoms with Gasteiger partial charge in [-0.2, -0.15) is 0 Å². The number of carbonyl (C=O) groups is 3. The number of carbonyl (C=O) groups excluding carboxylic acids is 3. The van der Waals surface area contributed by atoms with E-state index in [9.17, 15) is 19.5 Å². The quantitative estimate of drug-likeness (QED) is 0.0230. The summed E-state index contributed by atoms with van der Waals surface area (Å²) < 4.78 is 22.3. The number of likely N-dealkylation sites (N-methyl/N-ethyl adjacent to an activating group) is 1. The summed E-state index contributed by atoms with van der Waals surface area (Å²) in [5.41, 5.74) is 0. The first kappa shape index (κ1) is 47.5. The van der Waals surface area contributed by atoms with Crippen LogP contribution in [-0.2, 0) is 33.3 Å². The first-order valence-corrected chi connectivity index (χ1v) is 18.7. The number of rotatable bonds is 32. The van der Waals surface area contributed by atoms with Crippen LogP contribution in [0.1, 0.15) is 104 Å². The number of carboxylic acids is 1. The fourth-order valence-electron chi connectivity index (χ4n) is 4.27. The maximum absolute atomic E-state index is 12.6. The highest BCUT2D eigenvalue weighted by Gasteiger charge is 2.21. The minimum absolute atomic E-state index is 0.115. The lowest BCUT2D eigenvalue weighted by Crippen LogP contribution is -2.44. The van der Waals surface area contributed by atoms with Gasteiger partial charge in [0.25, 0.3) is 0 Å². The smallest absolute Gasteiger partial charge is 0.306 e. The van der Waals surface area contributed by atoms with Crippen molar-refractivity contribution in [3.8, 4) is 0 Å². The number of unbranched alkanes of at least 4 members (excludes halogenated alkanes) is 3. The zero-order valence-electron chi connectivity index (χ0n) is 32.2. The number of carboxylic acid groups (broad SMARTS) is 1. The average molecular weight is 714 g/mol. The summed E-state index contributed by atoms with van der Waals surface area (Å²) in [5.74, 6) is -2.46. The molecule has 0 rings (SSSR count). The van der Waals surface area contributed by atoms with Crippen molar-refractivity contribution in [1.82, 2.24) is 0 Å². The van der Waals surface area contributed by atoms with Gasteiger partial charge in [-0.25, -0.2) is 0 Å². The Morgan fingerprint density at radius 1 is 0.588 bits per heavy atom. The van der Waals surface area contributed by atoms with Crippen LogP contribution in [0.3, 0.4) is 0 Å². The molecule has 0 aliphatic rings. The average Bonchev–Trinajstić information content (AvgIpc) is 3.08. The topological polar surface area (TPSA) is 111 Å². The normalized spacial score (nSPS) is 14.0. The molecule has 0 spiro atoms. The maximum Gasteiger partial charge on any atom is 0.306 e. The van der Waals surface area contributed by atoms with E-state index in [2.05, 4.69) is 86.8 Å². The molecule has 0 aliphatic carbocycles. The van der Waals surface area contributed by atoms with Crippen molar-refractivity contribution in [3.05, 3.63) is 85.1 Å². The number of hydrogen-bond acceptors (Lipinski definition) is 8. The molecular formula is C42H67NO8. The molecule has 0 aromatic carbocycles. The monoisotopic (exact) mass is 713 g/mol. The molecule has 0 amide bonds. The summed E-state index contributed by atoms with van der Waals surface area (Å²) in [7, 11) is 5.85. The molecule has 0 N–H and O–H groups in total. The third kappa shape index (κ3) is 34.7. The highest BCUT2D eigenvalue weighted by Crippen LogP contribution is 2.09. The molecule has 0 saturated carbocycles. The number of allylic oxidation sites excluding steroid dienone is 14. The standard InChI is InChI=1S/C42H67NO8/c1-6-8-10-12-14-16-18-20-22-24-26-28-30-32-39(44)49-36-38(37-50-42(41(46)47)48-35-34-43(3,4)5)51-40(45)33-31-29-27-25-23-21-19-17-15-13-11-9-7-2/h8-11,14-17,20-23,27,29,38,42H,6-7,12-13,18-19,24-26,28,30-37H2,1-5H3/b10-8-,11-9-,16-14-,17-15-,22-20-,23-21-,29-27-. The summed E-state index contributed by atoms with van der Waals surface area (Å²) in [6.45, 7) is 4.33.